The van der Waals surface area contributed by atoms with Crippen molar-refractivity contribution in [2.45, 2.75) is 33.6 Å². The van der Waals surface area contributed by atoms with Crippen molar-refractivity contribution in [2.75, 3.05) is 30.9 Å². The molecule has 1 unspecified atom stereocenters. The molecule has 2 heterocycles. The number of methoxy groups -OCH3 is 1. The number of aromatic nitrogens is 2. The van der Waals surface area contributed by atoms with Crippen LogP contribution in [0.15, 0.2) is 30.5 Å². The molecule has 7 heteroatoms. The van der Waals surface area contributed by atoms with Gasteiger partial charge in [-0.25, -0.2) is 9.97 Å². The van der Waals surface area contributed by atoms with Crippen LogP contribution in [-0.2, 0) is 9.53 Å². The van der Waals surface area contributed by atoms with E-state index in [1.807, 2.05) is 32.0 Å². The van der Waals surface area contributed by atoms with E-state index < -0.39 is 0 Å². The monoisotopic (exact) mass is 404 g/mol. The minimum absolute atomic E-state index is 0.0918. The topological polar surface area (TPSA) is 76.1 Å². The van der Waals surface area contributed by atoms with Crippen LogP contribution in [0.5, 0.6) is 0 Å². The number of pyridine rings is 2. The molecule has 0 saturated carbocycles. The maximum Gasteiger partial charge on any atom is 0.228 e. The van der Waals surface area contributed by atoms with Gasteiger partial charge in [-0.3, -0.25) is 4.79 Å². The predicted molar refractivity (Wildman–Crippen MR) is 115 cm³/mol. The smallest absolute Gasteiger partial charge is 0.228 e. The number of ether oxygens (including phenoxy) is 1. The number of hydrogen-bond donors (Lipinski definition) is 2. The van der Waals surface area contributed by atoms with E-state index in [1.54, 1.807) is 13.2 Å². The SMILES string of the molecule is CCC(CCOC)CNc1cccc(-c2cc(NC(=O)C(C)C)ncc2Cl)n1. The quantitative estimate of drug-likeness (QED) is 0.591. The van der Waals surface area contributed by atoms with Crippen molar-refractivity contribution in [3.63, 3.8) is 0 Å². The molecule has 2 aromatic rings. The highest BCUT2D eigenvalue weighted by atomic mass is 35.5. The largest absolute Gasteiger partial charge is 0.385 e. The van der Waals surface area contributed by atoms with Gasteiger partial charge in [0.05, 0.1) is 10.7 Å². The Labute approximate surface area is 172 Å². The fourth-order valence-electron chi connectivity index (χ4n) is 2.64. The Morgan fingerprint density at radius 2 is 2.07 bits per heavy atom. The summed E-state index contributed by atoms with van der Waals surface area (Å²) in [5, 5.41) is 6.68. The van der Waals surface area contributed by atoms with Crippen molar-refractivity contribution in [3.8, 4) is 11.3 Å². The van der Waals surface area contributed by atoms with Crippen molar-refractivity contribution in [1.82, 2.24) is 9.97 Å². The molecule has 1 amide bonds. The molecule has 2 rings (SSSR count). The molecule has 0 bridgehead atoms. The van der Waals surface area contributed by atoms with E-state index in [0.717, 1.165) is 43.1 Å². The van der Waals surface area contributed by atoms with Gasteiger partial charge in [0, 0.05) is 37.9 Å². The molecule has 28 heavy (non-hydrogen) atoms. The summed E-state index contributed by atoms with van der Waals surface area (Å²) in [5.41, 5.74) is 1.45. The molecule has 6 nitrogen and oxygen atoms in total. The Morgan fingerprint density at radius 1 is 1.29 bits per heavy atom. The van der Waals surface area contributed by atoms with Gasteiger partial charge in [-0.2, -0.15) is 0 Å². The maximum atomic E-state index is 11.9. The van der Waals surface area contributed by atoms with Gasteiger partial charge < -0.3 is 15.4 Å². The summed E-state index contributed by atoms with van der Waals surface area (Å²) >= 11 is 6.34. The number of nitrogens with one attached hydrogen (secondary N) is 2. The number of carbonyl (C=O) groups excluding carboxylic acids is 1. The number of hydrogen-bond acceptors (Lipinski definition) is 5. The molecule has 0 aliphatic heterocycles. The lowest BCUT2D eigenvalue weighted by Gasteiger charge is -2.16. The van der Waals surface area contributed by atoms with E-state index in [1.165, 1.54) is 6.20 Å². The Bertz CT molecular complexity index is 783. The maximum absolute atomic E-state index is 11.9. The lowest BCUT2D eigenvalue weighted by Crippen LogP contribution is -2.18. The third-order valence-electron chi connectivity index (χ3n) is 4.54. The molecule has 1 atom stereocenters. The first kappa shape index (κ1) is 22.1. The molecule has 2 N–H and O–H groups in total. The average Bonchev–Trinajstić information content (AvgIpc) is 2.69. The van der Waals surface area contributed by atoms with Crippen LogP contribution in [0.3, 0.4) is 0 Å². The fourth-order valence-corrected chi connectivity index (χ4v) is 2.84. The van der Waals surface area contributed by atoms with Crippen LogP contribution in [0.25, 0.3) is 11.3 Å². The van der Waals surface area contributed by atoms with Crippen molar-refractivity contribution < 1.29 is 9.53 Å². The standard InChI is InChI=1S/C21H29ClN4O2/c1-5-15(9-10-28-4)12-23-19-8-6-7-18(25-19)16-11-20(24-13-17(16)22)26-21(27)14(2)3/h6-8,11,13-15H,5,9-10,12H2,1-4H3,(H,23,25)(H,24,26,27). The van der Waals surface area contributed by atoms with Crippen LogP contribution < -0.4 is 10.6 Å². The first-order valence-corrected chi connectivity index (χ1v) is 9.99. The molecule has 0 aromatic carbocycles. The Hall–Kier alpha value is -2.18. The summed E-state index contributed by atoms with van der Waals surface area (Å²) in [7, 11) is 1.72. The number of nitrogens with zero attached hydrogens (tertiary/aromatic N) is 2. The number of carbonyl (C=O) groups is 1. The van der Waals surface area contributed by atoms with E-state index in [2.05, 4.69) is 27.5 Å². The highest BCUT2D eigenvalue weighted by Crippen LogP contribution is 2.29. The van der Waals surface area contributed by atoms with Crippen LogP contribution in [0.1, 0.15) is 33.6 Å². The zero-order valence-corrected chi connectivity index (χ0v) is 17.7. The highest BCUT2D eigenvalue weighted by molar-refractivity contribution is 6.33. The summed E-state index contributed by atoms with van der Waals surface area (Å²) in [6.07, 6.45) is 3.62. The Balaban J connectivity index is 2.15. The summed E-state index contributed by atoms with van der Waals surface area (Å²) in [6, 6.07) is 7.51. The molecule has 152 valence electrons. The molecule has 2 aromatic heterocycles. The van der Waals surface area contributed by atoms with E-state index in [4.69, 9.17) is 16.3 Å². The molecule has 0 aliphatic rings. The summed E-state index contributed by atoms with van der Waals surface area (Å²) in [6.45, 7) is 7.43. The second kappa shape index (κ2) is 11.0. The second-order valence-electron chi connectivity index (χ2n) is 7.04. The first-order chi connectivity index (χ1) is 13.4. The van der Waals surface area contributed by atoms with Crippen LogP contribution >= 0.6 is 11.6 Å². The van der Waals surface area contributed by atoms with Crippen molar-refractivity contribution in [1.29, 1.82) is 0 Å². The summed E-state index contributed by atoms with van der Waals surface area (Å²) < 4.78 is 5.18. The van der Waals surface area contributed by atoms with Crippen molar-refractivity contribution in [2.24, 2.45) is 11.8 Å². The third kappa shape index (κ3) is 6.46. The Morgan fingerprint density at radius 3 is 2.75 bits per heavy atom. The van der Waals surface area contributed by atoms with Crippen LogP contribution in [-0.4, -0.2) is 36.1 Å². The number of amides is 1. The molecular weight excluding hydrogens is 376 g/mol. The summed E-state index contributed by atoms with van der Waals surface area (Å²) in [4.78, 5) is 20.8. The van der Waals surface area contributed by atoms with Crippen LogP contribution in [0.4, 0.5) is 11.6 Å². The Kier molecular flexibility index (Phi) is 8.67. The second-order valence-corrected chi connectivity index (χ2v) is 7.45. The van der Waals surface area contributed by atoms with Crippen molar-refractivity contribution in [3.05, 3.63) is 35.5 Å². The minimum atomic E-state index is -0.129. The van der Waals surface area contributed by atoms with E-state index in [-0.39, 0.29) is 11.8 Å². The molecule has 0 radical (unpaired) electrons. The number of halogens is 1. The lowest BCUT2D eigenvalue weighted by atomic mass is 10.0. The molecule has 0 fully saturated rings. The van der Waals surface area contributed by atoms with Gasteiger partial charge in [0.1, 0.15) is 11.6 Å². The fraction of sp³-hybridized carbons (Fsp3) is 0.476. The third-order valence-corrected chi connectivity index (χ3v) is 4.84. The van der Waals surface area contributed by atoms with Gasteiger partial charge in [-0.1, -0.05) is 44.9 Å². The first-order valence-electron chi connectivity index (χ1n) is 9.61. The van der Waals surface area contributed by atoms with E-state index >= 15 is 0 Å². The van der Waals surface area contributed by atoms with Gasteiger partial charge in [-0.15, -0.1) is 0 Å². The molecular formula is C21H29ClN4O2. The lowest BCUT2D eigenvalue weighted by molar-refractivity contribution is -0.118. The van der Waals surface area contributed by atoms with E-state index in [0.29, 0.717) is 16.8 Å². The number of rotatable bonds is 10. The van der Waals surface area contributed by atoms with Gasteiger partial charge in [0.15, 0.2) is 0 Å². The van der Waals surface area contributed by atoms with Gasteiger partial charge in [-0.05, 0) is 30.5 Å². The van der Waals surface area contributed by atoms with Crippen molar-refractivity contribution >= 4 is 29.1 Å². The predicted octanol–water partition coefficient (Wildman–Crippen LogP) is 4.87. The molecule has 0 saturated heterocycles. The van der Waals surface area contributed by atoms with Gasteiger partial charge in [0.2, 0.25) is 5.91 Å². The van der Waals surface area contributed by atoms with Gasteiger partial charge in [0.25, 0.3) is 0 Å². The minimum Gasteiger partial charge on any atom is -0.385 e. The normalized spacial score (nSPS) is 12.1. The number of anilines is 2. The van der Waals surface area contributed by atoms with Crippen LogP contribution in [0, 0.1) is 11.8 Å². The van der Waals surface area contributed by atoms with Gasteiger partial charge >= 0.3 is 0 Å². The highest BCUT2D eigenvalue weighted by Gasteiger charge is 2.12. The average molecular weight is 405 g/mol. The summed E-state index contributed by atoms with van der Waals surface area (Å²) in [5.74, 6) is 1.55. The molecule has 0 spiro atoms. The van der Waals surface area contributed by atoms with Crippen LogP contribution in [0.2, 0.25) is 5.02 Å². The zero-order valence-electron chi connectivity index (χ0n) is 17.0. The zero-order chi connectivity index (χ0) is 20.5. The molecule has 0 aliphatic carbocycles. The van der Waals surface area contributed by atoms with E-state index in [9.17, 15) is 4.79 Å².